The zero-order chi connectivity index (χ0) is 14.0. The molecule has 0 spiro atoms. The summed E-state index contributed by atoms with van der Waals surface area (Å²) in [6.45, 7) is 4.83. The Morgan fingerprint density at radius 3 is 2.35 bits per heavy atom. The van der Waals surface area contributed by atoms with E-state index < -0.39 is 8.07 Å². The Kier molecular flexibility index (Phi) is 3.75. The Hall–Kier alpha value is -1.41. The number of rotatable bonds is 2. The maximum Gasteiger partial charge on any atom is 0.0860 e. The van der Waals surface area contributed by atoms with Crippen molar-refractivity contribution in [2.45, 2.75) is 44.8 Å². The Labute approximate surface area is 123 Å². The first-order chi connectivity index (χ1) is 9.69. The molecule has 2 aromatic rings. The van der Waals surface area contributed by atoms with Gasteiger partial charge in [0.2, 0.25) is 0 Å². The van der Waals surface area contributed by atoms with Crippen LogP contribution in [0.2, 0.25) is 18.6 Å². The molecule has 2 heterocycles. The third-order valence-corrected chi connectivity index (χ3v) is 9.53. The van der Waals surface area contributed by atoms with E-state index in [0.29, 0.717) is 0 Å². The zero-order valence-electron chi connectivity index (χ0n) is 12.5. The van der Waals surface area contributed by atoms with Crippen LogP contribution in [0.3, 0.4) is 0 Å². The first-order valence-corrected chi connectivity index (χ1v) is 10.6. The SMILES string of the molecule is Cc1cc(-c2ccccc2)ncc1[Si]1(C)CCCCC1. The van der Waals surface area contributed by atoms with Crippen LogP contribution in [-0.4, -0.2) is 13.1 Å². The van der Waals surface area contributed by atoms with Crippen LogP contribution in [0.4, 0.5) is 0 Å². The van der Waals surface area contributed by atoms with Crippen LogP contribution in [0.15, 0.2) is 42.6 Å². The summed E-state index contributed by atoms with van der Waals surface area (Å²) in [5, 5.41) is 1.59. The highest BCUT2D eigenvalue weighted by atomic mass is 28.3. The molecule has 1 aromatic carbocycles. The van der Waals surface area contributed by atoms with E-state index in [2.05, 4.69) is 56.1 Å². The number of hydrogen-bond acceptors (Lipinski definition) is 1. The molecule has 0 aliphatic carbocycles. The van der Waals surface area contributed by atoms with Gasteiger partial charge in [-0.05, 0) is 23.7 Å². The molecule has 0 radical (unpaired) electrons. The van der Waals surface area contributed by atoms with E-state index in [1.807, 2.05) is 0 Å². The van der Waals surface area contributed by atoms with Crippen LogP contribution in [0, 0.1) is 6.92 Å². The van der Waals surface area contributed by atoms with E-state index in [0.717, 1.165) is 5.69 Å². The first-order valence-electron chi connectivity index (χ1n) is 7.72. The fourth-order valence-electron chi connectivity index (χ4n) is 3.56. The monoisotopic (exact) mass is 281 g/mol. The lowest BCUT2D eigenvalue weighted by Gasteiger charge is -2.33. The van der Waals surface area contributed by atoms with Gasteiger partial charge in [-0.1, -0.05) is 68.2 Å². The number of aromatic nitrogens is 1. The highest BCUT2D eigenvalue weighted by molar-refractivity contribution is 6.91. The normalized spacial score (nSPS) is 17.9. The Bertz CT molecular complexity index is 586. The molecule has 1 aliphatic rings. The standard InChI is InChI=1S/C18H23NSi/c1-15-13-17(16-9-5-3-6-10-16)19-14-18(15)20(2)11-7-4-8-12-20/h3,5-6,9-10,13-14H,4,7-8,11-12H2,1-2H3. The van der Waals surface area contributed by atoms with Crippen LogP contribution in [-0.2, 0) is 0 Å². The van der Waals surface area contributed by atoms with Gasteiger partial charge in [0.25, 0.3) is 0 Å². The predicted octanol–water partition coefficient (Wildman–Crippen LogP) is 4.53. The molecular weight excluding hydrogens is 258 g/mol. The molecule has 104 valence electrons. The highest BCUT2D eigenvalue weighted by Gasteiger charge is 2.32. The molecule has 3 rings (SSSR count). The minimum Gasteiger partial charge on any atom is -0.256 e. The lowest BCUT2D eigenvalue weighted by atomic mass is 10.1. The maximum absolute atomic E-state index is 4.76. The van der Waals surface area contributed by atoms with Gasteiger partial charge >= 0.3 is 0 Å². The van der Waals surface area contributed by atoms with Gasteiger partial charge in [0.15, 0.2) is 0 Å². The molecule has 2 heteroatoms. The highest BCUT2D eigenvalue weighted by Crippen LogP contribution is 2.29. The van der Waals surface area contributed by atoms with E-state index >= 15 is 0 Å². The van der Waals surface area contributed by atoms with E-state index in [4.69, 9.17) is 4.98 Å². The minimum absolute atomic E-state index is 1.11. The molecule has 0 unspecified atom stereocenters. The fourth-order valence-corrected chi connectivity index (χ4v) is 7.81. The van der Waals surface area contributed by atoms with Gasteiger partial charge < -0.3 is 0 Å². The average Bonchev–Trinajstić information content (AvgIpc) is 2.48. The second-order valence-electron chi connectivity index (χ2n) is 6.37. The molecule has 20 heavy (non-hydrogen) atoms. The number of aryl methyl sites for hydroxylation is 1. The summed E-state index contributed by atoms with van der Waals surface area (Å²) in [5.41, 5.74) is 3.78. The summed E-state index contributed by atoms with van der Waals surface area (Å²) >= 11 is 0. The Morgan fingerprint density at radius 1 is 1.00 bits per heavy atom. The molecule has 1 aromatic heterocycles. The predicted molar refractivity (Wildman–Crippen MR) is 89.1 cm³/mol. The molecule has 1 fully saturated rings. The average molecular weight is 281 g/mol. The van der Waals surface area contributed by atoms with Gasteiger partial charge in [-0.15, -0.1) is 0 Å². The van der Waals surface area contributed by atoms with Crippen molar-refractivity contribution < 1.29 is 0 Å². The number of nitrogens with zero attached hydrogens (tertiary/aromatic N) is 1. The first kappa shape index (κ1) is 13.6. The third-order valence-electron chi connectivity index (χ3n) is 4.79. The second kappa shape index (κ2) is 5.53. The van der Waals surface area contributed by atoms with Crippen LogP contribution >= 0.6 is 0 Å². The van der Waals surface area contributed by atoms with Gasteiger partial charge in [0.05, 0.1) is 13.8 Å². The molecule has 0 N–H and O–H groups in total. The molecule has 0 saturated carbocycles. The van der Waals surface area contributed by atoms with Gasteiger partial charge in [0.1, 0.15) is 0 Å². The molecule has 1 nitrogen and oxygen atoms in total. The molecule has 1 saturated heterocycles. The van der Waals surface area contributed by atoms with E-state index in [9.17, 15) is 0 Å². The van der Waals surface area contributed by atoms with Gasteiger partial charge in [-0.25, -0.2) is 0 Å². The largest absolute Gasteiger partial charge is 0.256 e. The summed E-state index contributed by atoms with van der Waals surface area (Å²) in [6.07, 6.45) is 6.46. The summed E-state index contributed by atoms with van der Waals surface area (Å²) in [6, 6.07) is 15.7. The lowest BCUT2D eigenvalue weighted by molar-refractivity contribution is 0.717. The van der Waals surface area contributed by atoms with Crippen molar-refractivity contribution in [3.63, 3.8) is 0 Å². The van der Waals surface area contributed by atoms with Crippen LogP contribution in [0.1, 0.15) is 24.8 Å². The topological polar surface area (TPSA) is 12.9 Å². The molecule has 0 amide bonds. The summed E-state index contributed by atoms with van der Waals surface area (Å²) in [7, 11) is -1.24. The fraction of sp³-hybridized carbons (Fsp3) is 0.389. The Morgan fingerprint density at radius 2 is 1.70 bits per heavy atom. The maximum atomic E-state index is 4.76. The number of hydrogen-bond donors (Lipinski definition) is 0. The smallest absolute Gasteiger partial charge is 0.0860 e. The Balaban J connectivity index is 1.95. The molecule has 1 aliphatic heterocycles. The summed E-state index contributed by atoms with van der Waals surface area (Å²) in [4.78, 5) is 4.76. The van der Waals surface area contributed by atoms with E-state index in [-0.39, 0.29) is 0 Å². The summed E-state index contributed by atoms with van der Waals surface area (Å²) < 4.78 is 0. The van der Waals surface area contributed by atoms with Crippen molar-refractivity contribution in [3.05, 3.63) is 48.2 Å². The van der Waals surface area contributed by atoms with Crippen molar-refractivity contribution >= 4 is 13.3 Å². The quantitative estimate of drug-likeness (QED) is 0.737. The molecule has 0 atom stereocenters. The van der Waals surface area contributed by atoms with Crippen LogP contribution in [0.25, 0.3) is 11.3 Å². The van der Waals surface area contributed by atoms with Gasteiger partial charge in [-0.2, -0.15) is 0 Å². The number of benzene rings is 1. The van der Waals surface area contributed by atoms with Crippen molar-refractivity contribution in [3.8, 4) is 11.3 Å². The summed E-state index contributed by atoms with van der Waals surface area (Å²) in [5.74, 6) is 0. The van der Waals surface area contributed by atoms with Gasteiger partial charge in [0, 0.05) is 11.8 Å². The van der Waals surface area contributed by atoms with Crippen molar-refractivity contribution in [2.24, 2.45) is 0 Å². The third kappa shape index (κ3) is 2.57. The van der Waals surface area contributed by atoms with E-state index in [1.165, 1.54) is 42.5 Å². The van der Waals surface area contributed by atoms with Crippen molar-refractivity contribution in [2.75, 3.05) is 0 Å². The zero-order valence-corrected chi connectivity index (χ0v) is 13.5. The van der Waals surface area contributed by atoms with Crippen molar-refractivity contribution in [1.29, 1.82) is 0 Å². The van der Waals surface area contributed by atoms with Gasteiger partial charge in [-0.3, -0.25) is 4.98 Å². The van der Waals surface area contributed by atoms with Crippen LogP contribution < -0.4 is 5.19 Å². The minimum atomic E-state index is -1.24. The van der Waals surface area contributed by atoms with E-state index in [1.54, 1.807) is 5.19 Å². The number of pyridine rings is 1. The lowest BCUT2D eigenvalue weighted by Crippen LogP contribution is -2.47. The second-order valence-corrected chi connectivity index (χ2v) is 11.0. The molecule has 0 bridgehead atoms. The van der Waals surface area contributed by atoms with Crippen molar-refractivity contribution in [1.82, 2.24) is 4.98 Å². The molecular formula is C18H23NSi. The van der Waals surface area contributed by atoms with Crippen LogP contribution in [0.5, 0.6) is 0 Å².